The quantitative estimate of drug-likeness (QED) is 0.328. The smallest absolute Gasteiger partial charge is 0.435 e. The highest BCUT2D eigenvalue weighted by Gasteiger charge is 2.38. The van der Waals surface area contributed by atoms with Gasteiger partial charge in [0.2, 0.25) is 0 Å². The number of hydrogen-bond acceptors (Lipinski definition) is 6. The summed E-state index contributed by atoms with van der Waals surface area (Å²) in [7, 11) is 2.13. The largest absolute Gasteiger partial charge is 0.491 e. The lowest BCUT2D eigenvalue weighted by Crippen LogP contribution is -2.44. The van der Waals surface area contributed by atoms with Gasteiger partial charge in [0.15, 0.2) is 5.69 Å². The first-order chi connectivity index (χ1) is 17.9. The Kier molecular flexibility index (Phi) is 7.61. The number of likely N-dealkylation sites (N-methyl/N-ethyl adjacent to an activating group) is 1. The van der Waals surface area contributed by atoms with Crippen LogP contribution in [0, 0.1) is 0 Å². The van der Waals surface area contributed by atoms with Crippen molar-refractivity contribution in [2.24, 2.45) is 4.99 Å². The van der Waals surface area contributed by atoms with E-state index in [-0.39, 0.29) is 11.3 Å². The van der Waals surface area contributed by atoms with Crippen molar-refractivity contribution in [3.05, 3.63) is 47.4 Å². The molecule has 1 aromatic carbocycles. The van der Waals surface area contributed by atoms with Crippen LogP contribution in [0.5, 0.6) is 5.75 Å². The number of piperazine rings is 1. The summed E-state index contributed by atoms with van der Waals surface area (Å²) in [6.07, 6.45) is 4.57. The van der Waals surface area contributed by atoms with Crippen LogP contribution in [0.4, 0.5) is 18.9 Å². The molecule has 1 saturated heterocycles. The van der Waals surface area contributed by atoms with Gasteiger partial charge in [-0.1, -0.05) is 6.08 Å². The van der Waals surface area contributed by atoms with Gasteiger partial charge in [0.1, 0.15) is 11.4 Å². The van der Waals surface area contributed by atoms with Crippen molar-refractivity contribution < 1.29 is 17.9 Å². The molecule has 0 unspecified atom stereocenters. The monoisotopic (exact) mass is 515 g/mol. The number of aromatic nitrogens is 4. The second-order valence-corrected chi connectivity index (χ2v) is 9.70. The number of halogens is 3. The van der Waals surface area contributed by atoms with Gasteiger partial charge in [0, 0.05) is 50.4 Å². The van der Waals surface area contributed by atoms with Crippen LogP contribution in [0.25, 0.3) is 10.9 Å². The van der Waals surface area contributed by atoms with Gasteiger partial charge in [0.05, 0.1) is 29.6 Å². The Hall–Kier alpha value is -3.18. The Balaban J connectivity index is 1.45. The molecule has 0 saturated carbocycles. The minimum absolute atomic E-state index is 0.0473. The van der Waals surface area contributed by atoms with Gasteiger partial charge < -0.3 is 14.5 Å². The molecule has 8 nitrogen and oxygen atoms in total. The summed E-state index contributed by atoms with van der Waals surface area (Å²) in [4.78, 5) is 9.55. The number of benzene rings is 1. The lowest BCUT2D eigenvalue weighted by molar-refractivity contribution is -0.141. The van der Waals surface area contributed by atoms with Crippen molar-refractivity contribution in [2.75, 3.05) is 46.4 Å². The number of fused-ring (bicyclic) bond motifs is 1. The molecule has 1 fully saturated rings. The van der Waals surface area contributed by atoms with Crippen LogP contribution in [0.1, 0.15) is 43.4 Å². The predicted octanol–water partition coefficient (Wildman–Crippen LogP) is 4.94. The van der Waals surface area contributed by atoms with E-state index >= 15 is 0 Å². The van der Waals surface area contributed by atoms with Crippen LogP contribution < -0.4 is 4.74 Å². The summed E-state index contributed by atoms with van der Waals surface area (Å²) in [5.41, 5.74) is 1.33. The number of H-pyrrole nitrogens is 2. The third-order valence-electron chi connectivity index (χ3n) is 6.98. The maximum Gasteiger partial charge on any atom is 0.435 e. The zero-order valence-corrected chi connectivity index (χ0v) is 20.9. The van der Waals surface area contributed by atoms with E-state index in [2.05, 4.69) is 37.2 Å². The van der Waals surface area contributed by atoms with Gasteiger partial charge in [-0.25, -0.2) is 4.99 Å². The zero-order valence-electron chi connectivity index (χ0n) is 20.9. The molecule has 3 heterocycles. The van der Waals surface area contributed by atoms with Crippen molar-refractivity contribution in [3.63, 3.8) is 0 Å². The normalized spacial score (nSPS) is 18.4. The number of aliphatic imine (C=N–C) groups is 1. The lowest BCUT2D eigenvalue weighted by atomic mass is 9.92. The van der Waals surface area contributed by atoms with Crippen LogP contribution in [0.2, 0.25) is 0 Å². The fraction of sp³-hybridized carbons (Fsp3) is 0.500. The Bertz CT molecular complexity index is 1270. The van der Waals surface area contributed by atoms with E-state index in [0.29, 0.717) is 24.5 Å². The minimum atomic E-state index is -4.59. The minimum Gasteiger partial charge on any atom is -0.491 e. The lowest BCUT2D eigenvalue weighted by Gasteiger charge is -2.32. The number of alkyl halides is 3. The number of hydrogen-bond donors (Lipinski definition) is 2. The molecule has 2 N–H and O–H groups in total. The SMILES string of the molecule is CN1CCN(CCCOc2cc3[nH]ncc3cc2/N=C(\C2=CCCCC2)c2c[nH]nc2C(F)(F)F)CC1. The second-order valence-electron chi connectivity index (χ2n) is 9.70. The molecule has 5 rings (SSSR count). The Morgan fingerprint density at radius 2 is 2.00 bits per heavy atom. The van der Waals surface area contributed by atoms with Crippen LogP contribution in [0.15, 0.2) is 41.2 Å². The fourth-order valence-corrected chi connectivity index (χ4v) is 4.87. The third-order valence-corrected chi connectivity index (χ3v) is 6.98. The van der Waals surface area contributed by atoms with Gasteiger partial charge in [-0.3, -0.25) is 10.2 Å². The molecule has 1 aliphatic carbocycles. The second kappa shape index (κ2) is 11.1. The fourth-order valence-electron chi connectivity index (χ4n) is 4.87. The van der Waals surface area contributed by atoms with E-state index in [9.17, 15) is 13.2 Å². The molecule has 1 aliphatic heterocycles. The first-order valence-electron chi connectivity index (χ1n) is 12.8. The van der Waals surface area contributed by atoms with Crippen molar-refractivity contribution in [2.45, 2.75) is 38.3 Å². The van der Waals surface area contributed by atoms with E-state index in [1.54, 1.807) is 6.20 Å². The van der Waals surface area contributed by atoms with E-state index in [0.717, 1.165) is 74.9 Å². The number of ether oxygens (including phenoxy) is 1. The predicted molar refractivity (Wildman–Crippen MR) is 136 cm³/mol. The van der Waals surface area contributed by atoms with E-state index in [4.69, 9.17) is 9.73 Å². The van der Waals surface area contributed by atoms with Gasteiger partial charge >= 0.3 is 6.18 Å². The highest BCUT2D eigenvalue weighted by Crippen LogP contribution is 2.37. The van der Waals surface area contributed by atoms with E-state index in [1.807, 2.05) is 18.2 Å². The van der Waals surface area contributed by atoms with Crippen molar-refractivity contribution in [1.82, 2.24) is 30.2 Å². The maximum absolute atomic E-state index is 13.8. The van der Waals surface area contributed by atoms with Crippen molar-refractivity contribution >= 4 is 22.3 Å². The molecule has 198 valence electrons. The number of nitrogens with zero attached hydrogens (tertiary/aromatic N) is 5. The summed E-state index contributed by atoms with van der Waals surface area (Å²) in [6, 6.07) is 3.63. The summed E-state index contributed by atoms with van der Waals surface area (Å²) >= 11 is 0. The van der Waals surface area contributed by atoms with E-state index < -0.39 is 11.9 Å². The molecule has 11 heteroatoms. The average Bonchev–Trinajstić information content (AvgIpc) is 3.56. The molecule has 0 bridgehead atoms. The van der Waals surface area contributed by atoms with Crippen LogP contribution >= 0.6 is 0 Å². The summed E-state index contributed by atoms with van der Waals surface area (Å²) in [6.45, 7) is 5.60. The molecule has 0 radical (unpaired) electrons. The number of rotatable bonds is 8. The summed E-state index contributed by atoms with van der Waals surface area (Å²) in [5.74, 6) is 0.515. The molecule has 37 heavy (non-hydrogen) atoms. The van der Waals surface area contributed by atoms with Gasteiger partial charge in [-0.15, -0.1) is 0 Å². The highest BCUT2D eigenvalue weighted by atomic mass is 19.4. The van der Waals surface area contributed by atoms with Crippen LogP contribution in [0.3, 0.4) is 0 Å². The molecule has 2 aromatic heterocycles. The Morgan fingerprint density at radius 3 is 2.76 bits per heavy atom. The molecule has 0 amide bonds. The zero-order chi connectivity index (χ0) is 25.8. The first kappa shape index (κ1) is 25.5. The summed E-state index contributed by atoms with van der Waals surface area (Å²) in [5, 5.41) is 13.7. The third kappa shape index (κ3) is 6.04. The molecule has 0 spiro atoms. The molecular weight excluding hydrogens is 483 g/mol. The average molecular weight is 516 g/mol. The number of aromatic amines is 2. The Labute approximate surface area is 213 Å². The van der Waals surface area contributed by atoms with Crippen LogP contribution in [-0.2, 0) is 6.18 Å². The Morgan fingerprint density at radius 1 is 1.16 bits per heavy atom. The first-order valence-corrected chi connectivity index (χ1v) is 12.8. The molecular formula is C26H32F3N7O. The highest BCUT2D eigenvalue weighted by molar-refractivity contribution is 6.14. The molecule has 3 aromatic rings. The molecule has 0 atom stereocenters. The maximum atomic E-state index is 13.8. The number of nitrogens with one attached hydrogen (secondary N) is 2. The van der Waals surface area contributed by atoms with Gasteiger partial charge in [-0.05, 0) is 50.8 Å². The topological polar surface area (TPSA) is 85.4 Å². The van der Waals surface area contributed by atoms with E-state index in [1.165, 1.54) is 6.20 Å². The summed E-state index contributed by atoms with van der Waals surface area (Å²) < 4.78 is 47.5. The number of allylic oxidation sites excluding steroid dienone is 2. The van der Waals surface area contributed by atoms with Crippen LogP contribution in [-0.4, -0.2) is 82.3 Å². The standard InChI is InChI=1S/C26H32F3N7O/c1-35-9-11-36(12-10-35)8-5-13-37-23-15-21-19(16-30-33-21)14-22(23)32-24(18-6-3-2-4-7-18)20-17-31-34-25(20)26(27,28)29/h6,14-17H,2-5,7-13H2,1H3,(H,30,33)(H,31,34)/b32-24+. The molecule has 2 aliphatic rings. The van der Waals surface area contributed by atoms with Gasteiger partial charge in [-0.2, -0.15) is 23.4 Å². The van der Waals surface area contributed by atoms with Gasteiger partial charge in [0.25, 0.3) is 0 Å². The van der Waals surface area contributed by atoms with Crippen molar-refractivity contribution in [3.8, 4) is 5.75 Å². The van der Waals surface area contributed by atoms with Crippen molar-refractivity contribution in [1.29, 1.82) is 0 Å².